The Morgan fingerprint density at radius 3 is 2.95 bits per heavy atom. The summed E-state index contributed by atoms with van der Waals surface area (Å²) in [4.78, 5) is 20.6. The highest BCUT2D eigenvalue weighted by molar-refractivity contribution is 8.00. The zero-order valence-corrected chi connectivity index (χ0v) is 14.0. The number of nitrogens with one attached hydrogen (secondary N) is 2. The fraction of sp³-hybridized carbons (Fsp3) is 0.385. The molecule has 6 nitrogen and oxygen atoms in total. The van der Waals surface area contributed by atoms with Crippen molar-refractivity contribution < 1.29 is 4.79 Å². The normalized spacial score (nSPS) is 15.6. The number of halogens is 2. The summed E-state index contributed by atoms with van der Waals surface area (Å²) >= 11 is 13.0. The smallest absolute Gasteiger partial charge is 0.238 e. The van der Waals surface area contributed by atoms with Crippen molar-refractivity contribution >= 4 is 46.7 Å². The van der Waals surface area contributed by atoms with Gasteiger partial charge in [-0.3, -0.25) is 9.89 Å². The van der Waals surface area contributed by atoms with Gasteiger partial charge in [-0.2, -0.15) is 0 Å². The van der Waals surface area contributed by atoms with Gasteiger partial charge < -0.3 is 5.32 Å². The van der Waals surface area contributed by atoms with Gasteiger partial charge in [-0.1, -0.05) is 35.0 Å². The standard InChI is InChI=1S/C13H13Cl2N5OS/c1-6(22-13-18-10(19-20-13)7-2-3-7)12(21)17-11-9(15)4-8(14)5-16-11/h4-7H,2-3H2,1H3,(H,16,17,21)(H,18,19,20). The van der Waals surface area contributed by atoms with Gasteiger partial charge in [-0.15, -0.1) is 5.10 Å². The molecule has 1 aliphatic carbocycles. The minimum Gasteiger partial charge on any atom is -0.308 e. The molecule has 0 saturated heterocycles. The van der Waals surface area contributed by atoms with Gasteiger partial charge in [-0.25, -0.2) is 9.97 Å². The van der Waals surface area contributed by atoms with Crippen LogP contribution in [0.4, 0.5) is 5.82 Å². The van der Waals surface area contributed by atoms with E-state index in [-0.39, 0.29) is 17.0 Å². The number of rotatable bonds is 5. The zero-order valence-electron chi connectivity index (χ0n) is 11.6. The molecule has 2 aromatic heterocycles. The number of anilines is 1. The van der Waals surface area contributed by atoms with E-state index in [1.54, 1.807) is 6.92 Å². The molecular formula is C13H13Cl2N5OS. The number of H-pyrrole nitrogens is 1. The molecule has 1 amide bonds. The first kappa shape index (κ1) is 15.6. The summed E-state index contributed by atoms with van der Waals surface area (Å²) in [6.07, 6.45) is 3.73. The van der Waals surface area contributed by atoms with E-state index in [4.69, 9.17) is 23.2 Å². The molecule has 0 aliphatic heterocycles. The molecule has 2 aromatic rings. The SMILES string of the molecule is CC(Sc1n[nH]c(C2CC2)n1)C(=O)Nc1ncc(Cl)cc1Cl. The number of nitrogens with zero attached hydrogens (tertiary/aromatic N) is 3. The quantitative estimate of drug-likeness (QED) is 0.800. The lowest BCUT2D eigenvalue weighted by molar-refractivity contribution is -0.115. The van der Waals surface area contributed by atoms with Crippen LogP contribution in [0, 0.1) is 0 Å². The van der Waals surface area contributed by atoms with Crippen molar-refractivity contribution in [3.63, 3.8) is 0 Å². The van der Waals surface area contributed by atoms with Crippen molar-refractivity contribution in [2.45, 2.75) is 36.1 Å². The maximum absolute atomic E-state index is 12.2. The third-order valence-corrected chi connectivity index (χ3v) is 4.60. The second-order valence-electron chi connectivity index (χ2n) is 5.01. The molecule has 116 valence electrons. The number of aromatic nitrogens is 4. The van der Waals surface area contributed by atoms with Crippen LogP contribution in [0.1, 0.15) is 31.5 Å². The molecular weight excluding hydrogens is 345 g/mol. The minimum absolute atomic E-state index is 0.223. The lowest BCUT2D eigenvalue weighted by Crippen LogP contribution is -2.23. The van der Waals surface area contributed by atoms with Gasteiger partial charge in [0.05, 0.1) is 15.3 Å². The molecule has 2 heterocycles. The van der Waals surface area contributed by atoms with Gasteiger partial charge in [0.25, 0.3) is 0 Å². The van der Waals surface area contributed by atoms with Crippen LogP contribution in [0.25, 0.3) is 0 Å². The number of amides is 1. The van der Waals surface area contributed by atoms with Crippen LogP contribution < -0.4 is 5.32 Å². The van der Waals surface area contributed by atoms with E-state index >= 15 is 0 Å². The lowest BCUT2D eigenvalue weighted by atomic mass is 10.4. The number of carbonyl (C=O) groups is 1. The van der Waals surface area contributed by atoms with Crippen LogP contribution in [0.15, 0.2) is 17.4 Å². The Labute approximate surface area is 141 Å². The predicted molar refractivity (Wildman–Crippen MR) is 86.6 cm³/mol. The fourth-order valence-electron chi connectivity index (χ4n) is 1.79. The summed E-state index contributed by atoms with van der Waals surface area (Å²) in [5, 5.41) is 10.6. The molecule has 9 heteroatoms. The Bertz CT molecular complexity index is 703. The molecule has 2 N–H and O–H groups in total. The van der Waals surface area contributed by atoms with Crippen molar-refractivity contribution in [3.05, 3.63) is 28.1 Å². The number of hydrogen-bond donors (Lipinski definition) is 2. The van der Waals surface area contributed by atoms with Crippen molar-refractivity contribution in [1.29, 1.82) is 0 Å². The molecule has 1 atom stereocenters. The molecule has 22 heavy (non-hydrogen) atoms. The zero-order chi connectivity index (χ0) is 15.7. The topological polar surface area (TPSA) is 83.6 Å². The first-order chi connectivity index (χ1) is 10.5. The lowest BCUT2D eigenvalue weighted by Gasteiger charge is -2.10. The summed E-state index contributed by atoms with van der Waals surface area (Å²) in [6.45, 7) is 1.77. The monoisotopic (exact) mass is 357 g/mol. The molecule has 0 spiro atoms. The molecule has 1 fully saturated rings. The molecule has 0 bridgehead atoms. The highest BCUT2D eigenvalue weighted by Gasteiger charge is 2.28. The molecule has 1 unspecified atom stereocenters. The first-order valence-electron chi connectivity index (χ1n) is 6.74. The van der Waals surface area contributed by atoms with Gasteiger partial charge in [0.15, 0.2) is 5.82 Å². The second-order valence-corrected chi connectivity index (χ2v) is 7.16. The van der Waals surface area contributed by atoms with Crippen LogP contribution in [-0.2, 0) is 4.79 Å². The highest BCUT2D eigenvalue weighted by Crippen LogP contribution is 2.38. The predicted octanol–water partition coefficient (Wildman–Crippen LogP) is 3.50. The Balaban J connectivity index is 1.60. The van der Waals surface area contributed by atoms with E-state index < -0.39 is 0 Å². The largest absolute Gasteiger partial charge is 0.308 e. The Morgan fingerprint density at radius 1 is 1.50 bits per heavy atom. The molecule has 0 aromatic carbocycles. The van der Waals surface area contributed by atoms with Crippen molar-refractivity contribution in [3.8, 4) is 0 Å². The van der Waals surface area contributed by atoms with Gasteiger partial charge in [-0.05, 0) is 25.8 Å². The van der Waals surface area contributed by atoms with Crippen LogP contribution >= 0.6 is 35.0 Å². The van der Waals surface area contributed by atoms with E-state index in [0.717, 1.165) is 18.7 Å². The Hall–Kier alpha value is -1.31. The number of hydrogen-bond acceptors (Lipinski definition) is 5. The molecule has 1 aliphatic rings. The summed E-state index contributed by atoms with van der Waals surface area (Å²) < 4.78 is 0. The average molecular weight is 358 g/mol. The summed E-state index contributed by atoms with van der Waals surface area (Å²) in [6, 6.07) is 1.53. The van der Waals surface area contributed by atoms with Crippen molar-refractivity contribution in [2.75, 3.05) is 5.32 Å². The second kappa shape index (κ2) is 6.44. The number of aromatic amines is 1. The van der Waals surface area contributed by atoms with Gasteiger partial charge in [0.1, 0.15) is 5.82 Å². The van der Waals surface area contributed by atoms with Crippen LogP contribution in [0.2, 0.25) is 10.0 Å². The minimum atomic E-state index is -0.378. The molecule has 1 saturated carbocycles. The van der Waals surface area contributed by atoms with E-state index in [0.29, 0.717) is 21.1 Å². The summed E-state index contributed by atoms with van der Waals surface area (Å²) in [5.74, 6) is 1.47. The maximum atomic E-state index is 12.2. The summed E-state index contributed by atoms with van der Waals surface area (Å²) in [7, 11) is 0. The Morgan fingerprint density at radius 2 is 2.27 bits per heavy atom. The van der Waals surface area contributed by atoms with Crippen LogP contribution in [-0.4, -0.2) is 31.3 Å². The summed E-state index contributed by atoms with van der Waals surface area (Å²) in [5.41, 5.74) is 0. The van der Waals surface area contributed by atoms with Crippen LogP contribution in [0.3, 0.4) is 0 Å². The van der Waals surface area contributed by atoms with Crippen LogP contribution in [0.5, 0.6) is 0 Å². The average Bonchev–Trinajstić information content (AvgIpc) is 3.22. The fourth-order valence-corrected chi connectivity index (χ4v) is 2.95. The van der Waals surface area contributed by atoms with Gasteiger partial charge in [0.2, 0.25) is 11.1 Å². The van der Waals surface area contributed by atoms with Crippen molar-refractivity contribution in [2.24, 2.45) is 0 Å². The third kappa shape index (κ3) is 3.71. The van der Waals surface area contributed by atoms with E-state index in [1.165, 1.54) is 24.0 Å². The van der Waals surface area contributed by atoms with E-state index in [2.05, 4.69) is 25.5 Å². The van der Waals surface area contributed by atoms with E-state index in [9.17, 15) is 4.79 Å². The number of pyridine rings is 1. The van der Waals surface area contributed by atoms with Gasteiger partial charge in [0, 0.05) is 12.1 Å². The highest BCUT2D eigenvalue weighted by atomic mass is 35.5. The molecule has 3 rings (SSSR count). The maximum Gasteiger partial charge on any atom is 0.238 e. The van der Waals surface area contributed by atoms with Crippen molar-refractivity contribution in [1.82, 2.24) is 20.2 Å². The third-order valence-electron chi connectivity index (χ3n) is 3.15. The van der Waals surface area contributed by atoms with E-state index in [1.807, 2.05) is 0 Å². The first-order valence-corrected chi connectivity index (χ1v) is 8.37. The Kier molecular flexibility index (Phi) is 4.56. The van der Waals surface area contributed by atoms with Gasteiger partial charge >= 0.3 is 0 Å². The molecule has 0 radical (unpaired) electrons. The number of thioether (sulfide) groups is 1. The number of carbonyl (C=O) groups excluding carboxylic acids is 1.